The summed E-state index contributed by atoms with van der Waals surface area (Å²) >= 11 is 3.84. The van der Waals surface area contributed by atoms with E-state index in [-0.39, 0.29) is 21.4 Å². The molecule has 3 rings (SSSR count). The van der Waals surface area contributed by atoms with Gasteiger partial charge in [-0.3, -0.25) is 10.0 Å². The number of benzene rings is 2. The fourth-order valence-electron chi connectivity index (χ4n) is 3.35. The van der Waals surface area contributed by atoms with E-state index in [1.165, 1.54) is 29.7 Å². The van der Waals surface area contributed by atoms with Crippen molar-refractivity contribution in [2.75, 3.05) is 0 Å². The molecule has 1 heterocycles. The van der Waals surface area contributed by atoms with Gasteiger partial charge in [0, 0.05) is 10.9 Å². The molecule has 0 saturated carbocycles. The van der Waals surface area contributed by atoms with Crippen molar-refractivity contribution in [3.63, 3.8) is 0 Å². The molecular formula is C20H20ClFN4O5S. The first-order valence-electron chi connectivity index (χ1n) is 9.37. The highest BCUT2D eigenvalue weighted by Crippen LogP contribution is 2.35. The summed E-state index contributed by atoms with van der Waals surface area (Å²) in [6.07, 6.45) is 0. The van der Waals surface area contributed by atoms with Crippen molar-refractivity contribution < 1.29 is 23.4 Å². The van der Waals surface area contributed by atoms with Crippen molar-refractivity contribution in [3.8, 4) is 0 Å². The highest BCUT2D eigenvalue weighted by Gasteiger charge is 2.35. The van der Waals surface area contributed by atoms with E-state index in [1.807, 2.05) is 6.92 Å². The number of carbonyl (C=O) groups excluding carboxylic acids is 1. The Bertz CT molecular complexity index is 1200. The number of nitrogens with one attached hydrogen (secondary N) is 3. The van der Waals surface area contributed by atoms with E-state index in [2.05, 4.69) is 14.9 Å². The Hall–Kier alpha value is -2.70. The molecule has 0 fully saturated rings. The van der Waals surface area contributed by atoms with Gasteiger partial charge < -0.3 is 8.97 Å². The normalized spacial score (nSPS) is 14.1. The second-order valence-electron chi connectivity index (χ2n) is 7.09. The number of hydroxylamine groups is 1. The molecular weight excluding hydrogens is 463 g/mol. The SMILES string of the molecule is Cc1ccc(F)c(C(C)C(N[S+]([O-])c2ccc(Cl)cc2C(=O)NO)c2n[nH]c(=O)o2)c1C. The first kappa shape index (κ1) is 24.0. The lowest BCUT2D eigenvalue weighted by Gasteiger charge is -2.25. The molecule has 2 aromatic carbocycles. The van der Waals surface area contributed by atoms with Crippen LogP contribution in [0.25, 0.3) is 0 Å². The van der Waals surface area contributed by atoms with Gasteiger partial charge in [-0.2, -0.15) is 0 Å². The zero-order chi connectivity index (χ0) is 23.6. The van der Waals surface area contributed by atoms with E-state index >= 15 is 0 Å². The van der Waals surface area contributed by atoms with Gasteiger partial charge in [0.2, 0.25) is 5.89 Å². The number of hydrogen-bond acceptors (Lipinski definition) is 7. The third-order valence-corrected chi connectivity index (χ3v) is 6.59. The minimum atomic E-state index is -2.08. The summed E-state index contributed by atoms with van der Waals surface area (Å²) in [7, 11) is 0. The minimum absolute atomic E-state index is 0.00234. The van der Waals surface area contributed by atoms with Gasteiger partial charge >= 0.3 is 5.76 Å². The molecule has 3 aromatic rings. The number of aryl methyl sites for hydroxylation is 1. The lowest BCUT2D eigenvalue weighted by Crippen LogP contribution is -2.34. The summed E-state index contributed by atoms with van der Waals surface area (Å²) < 4.78 is 35.8. The predicted molar refractivity (Wildman–Crippen MR) is 114 cm³/mol. The molecule has 0 saturated heterocycles. The quantitative estimate of drug-likeness (QED) is 0.230. The molecule has 9 nitrogen and oxygen atoms in total. The molecule has 0 aliphatic heterocycles. The highest BCUT2D eigenvalue weighted by molar-refractivity contribution is 7.89. The van der Waals surface area contributed by atoms with Crippen molar-refractivity contribution in [2.24, 2.45) is 0 Å². The van der Waals surface area contributed by atoms with E-state index in [1.54, 1.807) is 19.9 Å². The molecule has 170 valence electrons. The molecule has 1 aromatic heterocycles. The van der Waals surface area contributed by atoms with E-state index in [0.717, 1.165) is 5.56 Å². The largest absolute Gasteiger partial charge is 0.593 e. The van der Waals surface area contributed by atoms with Gasteiger partial charge in [-0.1, -0.05) is 24.6 Å². The summed E-state index contributed by atoms with van der Waals surface area (Å²) in [6, 6.07) is 5.94. The molecule has 12 heteroatoms. The molecule has 0 spiro atoms. The van der Waals surface area contributed by atoms with Gasteiger partial charge in [0.1, 0.15) is 17.4 Å². The van der Waals surface area contributed by atoms with Crippen LogP contribution in [0.1, 0.15) is 51.8 Å². The van der Waals surface area contributed by atoms with E-state index in [9.17, 15) is 18.5 Å². The molecule has 0 radical (unpaired) electrons. The lowest BCUT2D eigenvalue weighted by molar-refractivity contribution is 0.0702. The van der Waals surface area contributed by atoms with E-state index in [0.29, 0.717) is 11.1 Å². The maximum atomic E-state index is 14.8. The van der Waals surface area contributed by atoms with Crippen LogP contribution in [0.2, 0.25) is 5.02 Å². The fourth-order valence-corrected chi connectivity index (χ4v) is 4.73. The Morgan fingerprint density at radius 1 is 1.34 bits per heavy atom. The zero-order valence-corrected chi connectivity index (χ0v) is 18.8. The number of halogens is 2. The highest BCUT2D eigenvalue weighted by atomic mass is 35.5. The Labute approximate surface area is 190 Å². The maximum absolute atomic E-state index is 14.8. The average Bonchev–Trinajstić information content (AvgIpc) is 3.19. The number of rotatable bonds is 7. The Balaban J connectivity index is 2.05. The summed E-state index contributed by atoms with van der Waals surface area (Å²) in [4.78, 5) is 23.6. The molecule has 4 N–H and O–H groups in total. The van der Waals surface area contributed by atoms with Gasteiger partial charge in [-0.25, -0.2) is 19.8 Å². The maximum Gasteiger partial charge on any atom is 0.434 e. The van der Waals surface area contributed by atoms with Crippen LogP contribution in [0, 0.1) is 19.7 Å². The van der Waals surface area contributed by atoms with Gasteiger partial charge in [0.05, 0.1) is 11.4 Å². The van der Waals surface area contributed by atoms with Crippen LogP contribution in [0.5, 0.6) is 0 Å². The second-order valence-corrected chi connectivity index (χ2v) is 8.74. The molecule has 0 aliphatic rings. The van der Waals surface area contributed by atoms with Crippen LogP contribution in [0.4, 0.5) is 4.39 Å². The Morgan fingerprint density at radius 2 is 2.06 bits per heavy atom. The third-order valence-electron chi connectivity index (χ3n) is 5.13. The minimum Gasteiger partial charge on any atom is -0.593 e. The number of carbonyl (C=O) groups is 1. The van der Waals surface area contributed by atoms with Gasteiger partial charge in [0.25, 0.3) is 5.91 Å². The number of nitrogens with zero attached hydrogens (tertiary/aromatic N) is 1. The molecule has 32 heavy (non-hydrogen) atoms. The van der Waals surface area contributed by atoms with Gasteiger partial charge in [-0.15, -0.1) is 9.82 Å². The van der Waals surface area contributed by atoms with Crippen LogP contribution in [-0.2, 0) is 11.4 Å². The lowest BCUT2D eigenvalue weighted by atomic mass is 9.88. The van der Waals surface area contributed by atoms with Crippen LogP contribution in [0.15, 0.2) is 44.4 Å². The first-order valence-corrected chi connectivity index (χ1v) is 10.9. The third kappa shape index (κ3) is 4.87. The fraction of sp³-hybridized carbons (Fsp3) is 0.250. The molecule has 1 amide bonds. The number of aromatic nitrogens is 2. The zero-order valence-electron chi connectivity index (χ0n) is 17.2. The molecule has 3 unspecified atom stereocenters. The van der Waals surface area contributed by atoms with Crippen LogP contribution < -0.4 is 16.0 Å². The van der Waals surface area contributed by atoms with Crippen molar-refractivity contribution in [2.45, 2.75) is 37.6 Å². The van der Waals surface area contributed by atoms with Crippen molar-refractivity contribution >= 4 is 28.9 Å². The van der Waals surface area contributed by atoms with Crippen molar-refractivity contribution in [1.82, 2.24) is 20.4 Å². The molecule has 0 bridgehead atoms. The summed E-state index contributed by atoms with van der Waals surface area (Å²) in [6.45, 7) is 5.24. The molecule has 0 aliphatic carbocycles. The van der Waals surface area contributed by atoms with E-state index in [4.69, 9.17) is 21.2 Å². The Kier molecular flexibility index (Phi) is 7.36. The summed E-state index contributed by atoms with van der Waals surface area (Å²) in [5.74, 6) is -3.07. The van der Waals surface area contributed by atoms with Crippen molar-refractivity contribution in [3.05, 3.63) is 79.9 Å². The smallest absolute Gasteiger partial charge is 0.434 e. The standard InChI is InChI=1S/C20H20ClFN4O5S/c1-9-4-6-14(22)16(10(9)2)11(3)17(19-23-24-20(28)31-19)26-32(30)15-7-5-12(21)8-13(15)18(27)25-29/h4-8,11,17,26,29H,1-3H3,(H,24,28)(H,25,27). The first-order chi connectivity index (χ1) is 15.1. The second kappa shape index (κ2) is 9.84. The van der Waals surface area contributed by atoms with Crippen LogP contribution in [-0.4, -0.2) is 25.9 Å². The Morgan fingerprint density at radius 3 is 2.69 bits per heavy atom. The number of hydrogen-bond donors (Lipinski definition) is 4. The van der Waals surface area contributed by atoms with Gasteiger partial charge in [0.15, 0.2) is 4.90 Å². The van der Waals surface area contributed by atoms with E-state index < -0.39 is 40.8 Å². The number of H-pyrrole nitrogens is 1. The van der Waals surface area contributed by atoms with Gasteiger partial charge in [-0.05, 0) is 54.8 Å². The summed E-state index contributed by atoms with van der Waals surface area (Å²) in [5.41, 5.74) is 3.19. The average molecular weight is 483 g/mol. The molecule has 3 atom stereocenters. The topological polar surface area (TPSA) is 143 Å². The van der Waals surface area contributed by atoms with Crippen LogP contribution >= 0.6 is 11.6 Å². The predicted octanol–water partition coefficient (Wildman–Crippen LogP) is 3.05. The van der Waals surface area contributed by atoms with Crippen molar-refractivity contribution in [1.29, 1.82) is 0 Å². The van der Waals surface area contributed by atoms with Crippen LogP contribution in [0.3, 0.4) is 0 Å². The monoisotopic (exact) mass is 482 g/mol. The summed E-state index contributed by atoms with van der Waals surface area (Å²) in [5, 5.41) is 15.1. The number of aromatic amines is 1. The number of amides is 1.